The average molecular weight is 305 g/mol. The summed E-state index contributed by atoms with van der Waals surface area (Å²) in [7, 11) is 0. The first-order valence-corrected chi connectivity index (χ1v) is 8.53. The minimum absolute atomic E-state index is 0.570. The van der Waals surface area contributed by atoms with Gasteiger partial charge >= 0.3 is 0 Å². The highest BCUT2D eigenvalue weighted by Crippen LogP contribution is 2.32. The molecule has 3 nitrogen and oxygen atoms in total. The zero-order valence-corrected chi connectivity index (χ0v) is 13.8. The number of imidazole rings is 1. The first-order chi connectivity index (χ1) is 11.2. The van der Waals surface area contributed by atoms with Crippen molar-refractivity contribution in [1.29, 1.82) is 0 Å². The minimum atomic E-state index is 0.570. The number of aryl methyl sites for hydroxylation is 2. The van der Waals surface area contributed by atoms with Crippen LogP contribution in [-0.4, -0.2) is 15.4 Å². The van der Waals surface area contributed by atoms with Crippen LogP contribution in [0.2, 0.25) is 0 Å². The van der Waals surface area contributed by atoms with Gasteiger partial charge < -0.3 is 5.32 Å². The highest BCUT2D eigenvalue weighted by Gasteiger charge is 2.20. The third-order valence-electron chi connectivity index (χ3n) is 4.80. The molecular formula is C20H23N3. The molecule has 0 saturated heterocycles. The first kappa shape index (κ1) is 14.3. The number of benzene rings is 1. The molecule has 1 aliphatic rings. The van der Waals surface area contributed by atoms with Crippen molar-refractivity contribution in [3.8, 4) is 11.3 Å². The molecule has 0 unspecified atom stereocenters. The van der Waals surface area contributed by atoms with Gasteiger partial charge in [0, 0.05) is 17.8 Å². The van der Waals surface area contributed by atoms with Crippen LogP contribution in [-0.2, 0) is 0 Å². The third-order valence-corrected chi connectivity index (χ3v) is 4.80. The third kappa shape index (κ3) is 2.72. The van der Waals surface area contributed by atoms with Gasteiger partial charge in [-0.15, -0.1) is 0 Å². The summed E-state index contributed by atoms with van der Waals surface area (Å²) in [6.45, 7) is 4.23. The number of fused-ring (bicyclic) bond motifs is 1. The maximum atomic E-state index is 4.92. The molecule has 1 aliphatic carbocycles. The van der Waals surface area contributed by atoms with Crippen LogP contribution < -0.4 is 5.32 Å². The van der Waals surface area contributed by atoms with Crippen molar-refractivity contribution in [3.63, 3.8) is 0 Å². The Labute approximate surface area is 137 Å². The molecule has 118 valence electrons. The summed E-state index contributed by atoms with van der Waals surface area (Å²) in [4.78, 5) is 4.92. The van der Waals surface area contributed by atoms with E-state index in [1.807, 2.05) is 0 Å². The van der Waals surface area contributed by atoms with E-state index in [0.29, 0.717) is 6.04 Å². The topological polar surface area (TPSA) is 29.3 Å². The predicted octanol–water partition coefficient (Wildman–Crippen LogP) is 4.97. The lowest BCUT2D eigenvalue weighted by molar-refractivity contribution is 0.749. The number of hydrogen-bond acceptors (Lipinski definition) is 2. The maximum Gasteiger partial charge on any atom is 0.139 e. The molecule has 1 fully saturated rings. The second-order valence-electron chi connectivity index (χ2n) is 6.73. The van der Waals surface area contributed by atoms with E-state index < -0.39 is 0 Å². The molecule has 3 aromatic rings. The molecule has 0 atom stereocenters. The highest BCUT2D eigenvalue weighted by atomic mass is 15.1. The van der Waals surface area contributed by atoms with E-state index in [4.69, 9.17) is 4.98 Å². The smallest absolute Gasteiger partial charge is 0.139 e. The molecule has 23 heavy (non-hydrogen) atoms. The lowest BCUT2D eigenvalue weighted by atomic mass is 10.1. The summed E-state index contributed by atoms with van der Waals surface area (Å²) >= 11 is 0. The van der Waals surface area contributed by atoms with Crippen LogP contribution in [0.25, 0.3) is 16.9 Å². The number of anilines is 1. The molecule has 0 radical (unpaired) electrons. The Balaban J connectivity index is 1.85. The lowest BCUT2D eigenvalue weighted by Gasteiger charge is -2.15. The lowest BCUT2D eigenvalue weighted by Crippen LogP contribution is -2.16. The van der Waals surface area contributed by atoms with Crippen LogP contribution in [0.15, 0.2) is 42.6 Å². The van der Waals surface area contributed by atoms with Gasteiger partial charge in [0.25, 0.3) is 0 Å². The Hall–Kier alpha value is -2.29. The summed E-state index contributed by atoms with van der Waals surface area (Å²) in [6, 6.07) is 13.5. The summed E-state index contributed by atoms with van der Waals surface area (Å²) in [5, 5.41) is 3.77. The van der Waals surface area contributed by atoms with E-state index >= 15 is 0 Å². The molecule has 0 spiro atoms. The summed E-state index contributed by atoms with van der Waals surface area (Å²) < 4.78 is 2.19. The molecule has 0 aliphatic heterocycles. The molecular weight excluding hydrogens is 282 g/mol. The number of nitrogens with one attached hydrogen (secondary N) is 1. The van der Waals surface area contributed by atoms with Crippen molar-refractivity contribution >= 4 is 11.5 Å². The molecule has 0 bridgehead atoms. The zero-order chi connectivity index (χ0) is 15.8. The van der Waals surface area contributed by atoms with E-state index in [1.54, 1.807) is 0 Å². The van der Waals surface area contributed by atoms with Gasteiger partial charge in [0.2, 0.25) is 0 Å². The van der Waals surface area contributed by atoms with Crippen LogP contribution in [0.3, 0.4) is 0 Å². The summed E-state index contributed by atoms with van der Waals surface area (Å²) in [5.41, 5.74) is 5.77. The fourth-order valence-electron chi connectivity index (χ4n) is 3.46. The molecule has 4 rings (SSSR count). The molecule has 1 saturated carbocycles. The normalized spacial score (nSPS) is 15.4. The highest BCUT2D eigenvalue weighted by molar-refractivity contribution is 5.77. The van der Waals surface area contributed by atoms with Crippen molar-refractivity contribution in [2.24, 2.45) is 0 Å². The molecule has 0 amide bonds. The molecule has 1 aromatic carbocycles. The van der Waals surface area contributed by atoms with Gasteiger partial charge in [-0.1, -0.05) is 42.7 Å². The van der Waals surface area contributed by atoms with E-state index in [2.05, 4.69) is 66.2 Å². The fraction of sp³-hybridized carbons (Fsp3) is 0.350. The van der Waals surface area contributed by atoms with Crippen molar-refractivity contribution in [2.45, 2.75) is 45.6 Å². The monoisotopic (exact) mass is 305 g/mol. The van der Waals surface area contributed by atoms with Gasteiger partial charge in [0.1, 0.15) is 17.2 Å². The summed E-state index contributed by atoms with van der Waals surface area (Å²) in [6.07, 6.45) is 7.30. The van der Waals surface area contributed by atoms with Crippen LogP contribution in [0, 0.1) is 13.8 Å². The van der Waals surface area contributed by atoms with Gasteiger partial charge in [-0.25, -0.2) is 4.98 Å². The van der Waals surface area contributed by atoms with Crippen molar-refractivity contribution in [1.82, 2.24) is 9.38 Å². The maximum absolute atomic E-state index is 4.92. The Morgan fingerprint density at radius 2 is 1.74 bits per heavy atom. The Bertz CT molecular complexity index is 824. The number of rotatable bonds is 3. The quantitative estimate of drug-likeness (QED) is 0.740. The molecule has 3 heteroatoms. The van der Waals surface area contributed by atoms with Crippen LogP contribution in [0.1, 0.15) is 36.8 Å². The second kappa shape index (κ2) is 5.73. The second-order valence-corrected chi connectivity index (χ2v) is 6.73. The van der Waals surface area contributed by atoms with Gasteiger partial charge in [0.15, 0.2) is 0 Å². The van der Waals surface area contributed by atoms with Crippen LogP contribution in [0.4, 0.5) is 5.82 Å². The van der Waals surface area contributed by atoms with E-state index in [0.717, 1.165) is 17.2 Å². The number of hydrogen-bond donors (Lipinski definition) is 1. The van der Waals surface area contributed by atoms with E-state index in [1.165, 1.54) is 42.4 Å². The van der Waals surface area contributed by atoms with Crippen molar-refractivity contribution in [3.05, 3.63) is 53.7 Å². The van der Waals surface area contributed by atoms with Crippen LogP contribution >= 0.6 is 0 Å². The summed E-state index contributed by atoms with van der Waals surface area (Å²) in [5.74, 6) is 1.13. The van der Waals surface area contributed by atoms with E-state index in [-0.39, 0.29) is 0 Å². The number of pyridine rings is 1. The predicted molar refractivity (Wildman–Crippen MR) is 96.0 cm³/mol. The van der Waals surface area contributed by atoms with Gasteiger partial charge in [0.05, 0.1) is 0 Å². The zero-order valence-electron chi connectivity index (χ0n) is 13.8. The average Bonchev–Trinajstić information content (AvgIpc) is 3.17. The largest absolute Gasteiger partial charge is 0.367 e. The molecule has 1 N–H and O–H groups in total. The molecule has 2 heterocycles. The van der Waals surface area contributed by atoms with E-state index in [9.17, 15) is 0 Å². The number of nitrogens with zero attached hydrogens (tertiary/aromatic N) is 2. The van der Waals surface area contributed by atoms with Gasteiger partial charge in [-0.3, -0.25) is 4.40 Å². The fourth-order valence-corrected chi connectivity index (χ4v) is 3.46. The van der Waals surface area contributed by atoms with Crippen molar-refractivity contribution in [2.75, 3.05) is 5.32 Å². The Morgan fingerprint density at radius 1 is 1.00 bits per heavy atom. The van der Waals surface area contributed by atoms with Gasteiger partial charge in [-0.05, 0) is 44.4 Å². The standard InChI is InChI=1S/C20H23N3/c1-14-7-9-16(10-8-14)19-20(21-17-5-3-4-6-17)23-12-11-15(2)13-18(23)22-19/h7-13,17,21H,3-6H2,1-2H3. The van der Waals surface area contributed by atoms with Gasteiger partial charge in [-0.2, -0.15) is 0 Å². The van der Waals surface area contributed by atoms with Crippen LogP contribution in [0.5, 0.6) is 0 Å². The first-order valence-electron chi connectivity index (χ1n) is 8.53. The molecule has 2 aromatic heterocycles. The van der Waals surface area contributed by atoms with Crippen molar-refractivity contribution < 1.29 is 0 Å². The Morgan fingerprint density at radius 3 is 2.48 bits per heavy atom. The Kier molecular flexibility index (Phi) is 3.56. The number of aromatic nitrogens is 2. The minimum Gasteiger partial charge on any atom is -0.367 e. The SMILES string of the molecule is Cc1ccc(-c2nc3cc(C)ccn3c2NC2CCCC2)cc1.